The lowest BCUT2D eigenvalue weighted by molar-refractivity contribution is 0.460. The molecule has 122 valence electrons. The van der Waals surface area contributed by atoms with Crippen molar-refractivity contribution in [1.82, 2.24) is 4.98 Å². The summed E-state index contributed by atoms with van der Waals surface area (Å²) in [4.78, 5) is 6.41. The number of nitrogens with zero attached hydrogens (tertiary/aromatic N) is 1. The van der Waals surface area contributed by atoms with Crippen LogP contribution in [0, 0.1) is 12.8 Å². The maximum absolute atomic E-state index is 4.98. The van der Waals surface area contributed by atoms with E-state index in [0.717, 1.165) is 5.69 Å². The molecule has 2 atom stereocenters. The molecule has 2 heterocycles. The van der Waals surface area contributed by atoms with Crippen LogP contribution in [-0.4, -0.2) is 10.2 Å². The summed E-state index contributed by atoms with van der Waals surface area (Å²) >= 11 is 2.03. The molecule has 1 nitrogen and oxygen atoms in total. The highest BCUT2D eigenvalue weighted by atomic mass is 32.2. The van der Waals surface area contributed by atoms with E-state index in [2.05, 4.69) is 61.5 Å². The normalized spacial score (nSPS) is 26.1. The van der Waals surface area contributed by atoms with Crippen molar-refractivity contribution in [3.63, 3.8) is 0 Å². The third kappa shape index (κ3) is 3.42. The minimum atomic E-state index is 0.548. The number of hydrogen-bond acceptors (Lipinski definition) is 2. The number of hydrogen-bond donors (Lipinski definition) is 0. The van der Waals surface area contributed by atoms with Gasteiger partial charge in [-0.05, 0) is 72.6 Å². The summed E-state index contributed by atoms with van der Waals surface area (Å²) < 4.78 is 0. The predicted molar refractivity (Wildman–Crippen MR) is 101 cm³/mol. The summed E-state index contributed by atoms with van der Waals surface area (Å²) in [6.45, 7) is 18.4. The van der Waals surface area contributed by atoms with Crippen LogP contribution >= 0.6 is 11.8 Å². The van der Waals surface area contributed by atoms with Gasteiger partial charge in [0.25, 0.3) is 0 Å². The highest BCUT2D eigenvalue weighted by Gasteiger charge is 2.29. The van der Waals surface area contributed by atoms with Gasteiger partial charge < -0.3 is 0 Å². The van der Waals surface area contributed by atoms with Crippen LogP contribution in [0.1, 0.15) is 89.2 Å². The van der Waals surface area contributed by atoms with Crippen molar-refractivity contribution in [2.45, 2.75) is 78.9 Å². The highest BCUT2D eigenvalue weighted by Crippen LogP contribution is 2.45. The van der Waals surface area contributed by atoms with Crippen LogP contribution in [0.25, 0.3) is 5.57 Å². The molecule has 0 saturated heterocycles. The highest BCUT2D eigenvalue weighted by molar-refractivity contribution is 8.03. The Hall–Kier alpha value is -0.760. The van der Waals surface area contributed by atoms with E-state index in [1.165, 1.54) is 33.7 Å². The lowest BCUT2D eigenvalue weighted by atomic mass is 9.78. The molecule has 0 fully saturated rings. The van der Waals surface area contributed by atoms with Crippen LogP contribution in [0.4, 0.5) is 0 Å². The van der Waals surface area contributed by atoms with Gasteiger partial charge in [-0.25, -0.2) is 0 Å². The summed E-state index contributed by atoms with van der Waals surface area (Å²) in [5.41, 5.74) is 6.82. The molecule has 0 saturated carbocycles. The van der Waals surface area contributed by atoms with Gasteiger partial charge in [0, 0.05) is 10.9 Å². The Kier molecular flexibility index (Phi) is 5.42. The van der Waals surface area contributed by atoms with Gasteiger partial charge in [-0.15, -0.1) is 11.8 Å². The first-order valence-electron chi connectivity index (χ1n) is 8.58. The van der Waals surface area contributed by atoms with E-state index in [1.54, 1.807) is 0 Å². The van der Waals surface area contributed by atoms with Crippen molar-refractivity contribution in [3.8, 4) is 0 Å². The number of thioether (sulfide) groups is 1. The van der Waals surface area contributed by atoms with Crippen molar-refractivity contribution in [2.24, 2.45) is 5.92 Å². The van der Waals surface area contributed by atoms with Crippen LogP contribution in [-0.2, 0) is 0 Å². The minimum absolute atomic E-state index is 0.548. The van der Waals surface area contributed by atoms with Gasteiger partial charge in [-0.1, -0.05) is 34.6 Å². The first-order valence-corrected chi connectivity index (χ1v) is 9.46. The molecule has 0 spiro atoms. The third-order valence-corrected chi connectivity index (χ3v) is 6.12. The molecule has 0 amide bonds. The Morgan fingerprint density at radius 1 is 1.14 bits per heavy atom. The lowest BCUT2D eigenvalue weighted by Crippen LogP contribution is -2.19. The van der Waals surface area contributed by atoms with Gasteiger partial charge in [0.15, 0.2) is 0 Å². The van der Waals surface area contributed by atoms with E-state index >= 15 is 0 Å². The predicted octanol–water partition coefficient (Wildman–Crippen LogP) is 6.53. The number of rotatable bonds is 2. The molecule has 0 radical (unpaired) electrons. The van der Waals surface area contributed by atoms with Gasteiger partial charge >= 0.3 is 0 Å². The lowest BCUT2D eigenvalue weighted by Gasteiger charge is -2.32. The number of aryl methyl sites for hydroxylation is 1. The topological polar surface area (TPSA) is 12.9 Å². The number of allylic oxidation sites excluding steroid dienone is 2. The number of fused-ring (bicyclic) bond motifs is 1. The Morgan fingerprint density at radius 3 is 2.32 bits per heavy atom. The van der Waals surface area contributed by atoms with E-state index in [1.807, 2.05) is 11.8 Å². The second-order valence-electron chi connectivity index (χ2n) is 7.47. The fourth-order valence-electron chi connectivity index (χ4n) is 3.55. The van der Waals surface area contributed by atoms with E-state index in [4.69, 9.17) is 4.98 Å². The quantitative estimate of drug-likeness (QED) is 0.615. The summed E-state index contributed by atoms with van der Waals surface area (Å²) in [7, 11) is 0. The Labute approximate surface area is 141 Å². The molecule has 1 aromatic rings. The fraction of sp³-hybridized carbons (Fsp3) is 0.650. The second-order valence-corrected chi connectivity index (χ2v) is 9.12. The minimum Gasteiger partial charge on any atom is -0.253 e. The van der Waals surface area contributed by atoms with Crippen molar-refractivity contribution in [3.05, 3.63) is 33.5 Å². The standard InChI is InChI=1S/C20H31NS/c1-11(2)17-9-13(5)21-20-15(7)16(8)22-14(6)10-18(12(3)4)19(17)20/h9,11-12,14,18H,10H2,1-8H3/b16-15-/t14-,18?/m1/s1. The molecule has 1 aromatic heterocycles. The second kappa shape index (κ2) is 6.78. The van der Waals surface area contributed by atoms with Crippen molar-refractivity contribution in [1.29, 1.82) is 0 Å². The van der Waals surface area contributed by atoms with Crippen LogP contribution in [0.15, 0.2) is 11.0 Å². The third-order valence-electron chi connectivity index (χ3n) is 4.86. The van der Waals surface area contributed by atoms with Gasteiger partial charge in [0.1, 0.15) is 0 Å². The zero-order valence-electron chi connectivity index (χ0n) is 15.4. The van der Waals surface area contributed by atoms with Gasteiger partial charge in [-0.3, -0.25) is 4.98 Å². The smallest absolute Gasteiger partial charge is 0.0707 e. The molecule has 22 heavy (non-hydrogen) atoms. The molecule has 1 aliphatic rings. The largest absolute Gasteiger partial charge is 0.253 e. The van der Waals surface area contributed by atoms with Gasteiger partial charge in [-0.2, -0.15) is 0 Å². The molecule has 2 rings (SSSR count). The molecular formula is C20H31NS. The average Bonchev–Trinajstić information content (AvgIpc) is 2.42. The number of aromatic nitrogens is 1. The van der Waals surface area contributed by atoms with Gasteiger partial charge in [0.2, 0.25) is 0 Å². The summed E-state index contributed by atoms with van der Waals surface area (Å²) in [5, 5.41) is 0.664. The molecule has 0 aromatic carbocycles. The van der Waals surface area contributed by atoms with Crippen molar-refractivity contribution < 1.29 is 0 Å². The maximum Gasteiger partial charge on any atom is 0.0707 e. The van der Waals surface area contributed by atoms with E-state index in [0.29, 0.717) is 23.0 Å². The van der Waals surface area contributed by atoms with Gasteiger partial charge in [0.05, 0.1) is 5.69 Å². The Bertz CT molecular complexity index is 584. The summed E-state index contributed by atoms with van der Waals surface area (Å²) in [6.07, 6.45) is 1.24. The van der Waals surface area contributed by atoms with Crippen LogP contribution < -0.4 is 0 Å². The summed E-state index contributed by atoms with van der Waals surface area (Å²) in [6, 6.07) is 2.32. The Morgan fingerprint density at radius 2 is 1.77 bits per heavy atom. The van der Waals surface area contributed by atoms with E-state index in [9.17, 15) is 0 Å². The zero-order valence-corrected chi connectivity index (χ0v) is 16.3. The summed E-state index contributed by atoms with van der Waals surface area (Å²) in [5.74, 6) is 1.80. The SMILES string of the molecule is C/C1=C(\C)c2nc(C)cc(C(C)C)c2C(C(C)C)C[C@@H](C)S1. The fourth-order valence-corrected chi connectivity index (χ4v) is 4.73. The van der Waals surface area contributed by atoms with Crippen molar-refractivity contribution >= 4 is 17.3 Å². The molecule has 1 unspecified atom stereocenters. The first kappa shape index (κ1) is 17.6. The average molecular weight is 318 g/mol. The maximum atomic E-state index is 4.98. The van der Waals surface area contributed by atoms with Crippen LogP contribution in [0.3, 0.4) is 0 Å². The molecule has 1 aliphatic heterocycles. The molecule has 0 N–H and O–H groups in total. The molecule has 0 bridgehead atoms. The van der Waals surface area contributed by atoms with E-state index in [-0.39, 0.29) is 0 Å². The van der Waals surface area contributed by atoms with Crippen LogP contribution in [0.5, 0.6) is 0 Å². The molecule has 0 aliphatic carbocycles. The Balaban J connectivity index is 2.80. The van der Waals surface area contributed by atoms with Crippen molar-refractivity contribution in [2.75, 3.05) is 0 Å². The van der Waals surface area contributed by atoms with E-state index < -0.39 is 0 Å². The first-order chi connectivity index (χ1) is 10.2. The zero-order chi connectivity index (χ0) is 16.6. The van der Waals surface area contributed by atoms with Crippen LogP contribution in [0.2, 0.25) is 0 Å². The number of pyridine rings is 1. The monoisotopic (exact) mass is 317 g/mol. The molecule has 2 heteroatoms. The molecular weight excluding hydrogens is 286 g/mol.